The number of hydrogen-bond donors (Lipinski definition) is 0. The number of hydrogen-bond acceptors (Lipinski definition) is 5. The van der Waals surface area contributed by atoms with E-state index in [1.54, 1.807) is 35.6 Å². The average Bonchev–Trinajstić information content (AvgIpc) is 3.29. The minimum absolute atomic E-state index is 0.305. The summed E-state index contributed by atoms with van der Waals surface area (Å²) in [6, 6.07) is 17.9. The lowest BCUT2D eigenvalue weighted by molar-refractivity contribution is 0.0730. The Kier molecular flexibility index (Phi) is 6.78. The molecule has 3 aromatic rings. The van der Waals surface area contributed by atoms with Crippen LogP contribution in [0.2, 0.25) is 0 Å². The number of morpholine rings is 1. The smallest absolute Gasteiger partial charge is 0.243 e. The van der Waals surface area contributed by atoms with Crippen LogP contribution in [0.25, 0.3) is 11.3 Å². The first-order valence-electron chi connectivity index (χ1n) is 11.6. The van der Waals surface area contributed by atoms with Gasteiger partial charge in [-0.2, -0.15) is 4.31 Å². The Labute approximate surface area is 199 Å². The lowest BCUT2D eigenvalue weighted by Gasteiger charge is -2.26. The first kappa shape index (κ1) is 22.5. The van der Waals surface area contributed by atoms with Gasteiger partial charge in [-0.1, -0.05) is 49.6 Å². The number of aromatic nitrogens is 1. The van der Waals surface area contributed by atoms with Crippen molar-refractivity contribution in [3.05, 3.63) is 64.8 Å². The molecule has 1 aromatic heterocycles. The molecule has 2 heterocycles. The average molecular weight is 484 g/mol. The van der Waals surface area contributed by atoms with Crippen molar-refractivity contribution in [2.24, 2.45) is 4.99 Å². The summed E-state index contributed by atoms with van der Waals surface area (Å²) in [4.78, 5) is 6.22. The van der Waals surface area contributed by atoms with Gasteiger partial charge in [0, 0.05) is 24.5 Å². The van der Waals surface area contributed by atoms with Crippen molar-refractivity contribution in [1.29, 1.82) is 0 Å². The van der Waals surface area contributed by atoms with E-state index in [9.17, 15) is 8.42 Å². The van der Waals surface area contributed by atoms with E-state index in [1.165, 1.54) is 47.7 Å². The highest BCUT2D eigenvalue weighted by Gasteiger charge is 2.26. The zero-order valence-electron chi connectivity index (χ0n) is 18.6. The Morgan fingerprint density at radius 1 is 0.909 bits per heavy atom. The standard InChI is InChI=1S/C25H29N3O3S2/c29-33(30,27-15-17-31-18-16-27)23-13-11-21(12-14-23)26-25-28(22-9-5-2-6-10-22)24(19-32-25)20-7-3-1-4-8-20/h1,3-4,7-8,11-14,19,22H,2,5-6,9-10,15-18H2. The maximum Gasteiger partial charge on any atom is 0.243 e. The van der Waals surface area contributed by atoms with Gasteiger partial charge < -0.3 is 9.30 Å². The molecule has 0 radical (unpaired) electrons. The molecular formula is C25H29N3O3S2. The molecule has 8 heteroatoms. The molecule has 1 saturated carbocycles. The molecule has 0 bridgehead atoms. The highest BCUT2D eigenvalue weighted by atomic mass is 32.2. The minimum atomic E-state index is -3.50. The Morgan fingerprint density at radius 3 is 2.30 bits per heavy atom. The van der Waals surface area contributed by atoms with Crippen molar-refractivity contribution < 1.29 is 13.2 Å². The third kappa shape index (κ3) is 4.84. The van der Waals surface area contributed by atoms with Crippen molar-refractivity contribution in [2.45, 2.75) is 43.0 Å². The van der Waals surface area contributed by atoms with Gasteiger partial charge in [0.1, 0.15) is 0 Å². The quantitative estimate of drug-likeness (QED) is 0.514. The van der Waals surface area contributed by atoms with Crippen LogP contribution in [0, 0.1) is 0 Å². The molecule has 1 aliphatic carbocycles. The van der Waals surface area contributed by atoms with Crippen LogP contribution in [0.3, 0.4) is 0 Å². The molecule has 33 heavy (non-hydrogen) atoms. The second kappa shape index (κ2) is 9.93. The first-order valence-corrected chi connectivity index (χ1v) is 13.9. The molecule has 0 unspecified atom stereocenters. The van der Waals surface area contributed by atoms with Crippen LogP contribution in [0.4, 0.5) is 5.69 Å². The molecule has 0 spiro atoms. The van der Waals surface area contributed by atoms with Crippen molar-refractivity contribution in [3.63, 3.8) is 0 Å². The number of benzene rings is 2. The second-order valence-corrected chi connectivity index (χ2v) is 11.3. The second-order valence-electron chi connectivity index (χ2n) is 8.55. The van der Waals surface area contributed by atoms with Crippen molar-refractivity contribution in [2.75, 3.05) is 26.3 Å². The van der Waals surface area contributed by atoms with E-state index in [0.29, 0.717) is 37.2 Å². The third-order valence-electron chi connectivity index (χ3n) is 6.42. The minimum Gasteiger partial charge on any atom is -0.379 e. The van der Waals surface area contributed by atoms with Gasteiger partial charge in [-0.3, -0.25) is 0 Å². The van der Waals surface area contributed by atoms with E-state index in [4.69, 9.17) is 9.73 Å². The number of rotatable bonds is 5. The lowest BCUT2D eigenvalue weighted by Crippen LogP contribution is -2.40. The number of ether oxygens (including phenoxy) is 1. The molecule has 5 rings (SSSR count). The number of thiazole rings is 1. The summed E-state index contributed by atoms with van der Waals surface area (Å²) in [5.41, 5.74) is 3.17. The molecule has 0 N–H and O–H groups in total. The summed E-state index contributed by atoms with van der Waals surface area (Å²) in [6.07, 6.45) is 6.12. The SMILES string of the molecule is O=S(=O)(c1ccc(N=c2scc(-c3ccccc3)n2C2CCCCC2)cc1)N1CCOCC1. The van der Waals surface area contributed by atoms with E-state index in [2.05, 4.69) is 34.2 Å². The van der Waals surface area contributed by atoms with E-state index < -0.39 is 10.0 Å². The molecule has 6 nitrogen and oxygen atoms in total. The van der Waals surface area contributed by atoms with Crippen LogP contribution >= 0.6 is 11.3 Å². The van der Waals surface area contributed by atoms with E-state index in [-0.39, 0.29) is 0 Å². The normalized spacial score (nSPS) is 19.1. The van der Waals surface area contributed by atoms with Crippen molar-refractivity contribution >= 4 is 27.0 Å². The van der Waals surface area contributed by atoms with Gasteiger partial charge in [-0.25, -0.2) is 13.4 Å². The molecule has 2 fully saturated rings. The van der Waals surface area contributed by atoms with Crippen LogP contribution in [0.5, 0.6) is 0 Å². The topological polar surface area (TPSA) is 63.9 Å². The van der Waals surface area contributed by atoms with Gasteiger partial charge in [0.2, 0.25) is 10.0 Å². The zero-order valence-corrected chi connectivity index (χ0v) is 20.2. The Morgan fingerprint density at radius 2 is 1.61 bits per heavy atom. The Hall–Kier alpha value is -2.26. The van der Waals surface area contributed by atoms with Crippen LogP contribution in [-0.2, 0) is 14.8 Å². The van der Waals surface area contributed by atoms with Gasteiger partial charge in [-0.15, -0.1) is 11.3 Å². The first-order chi connectivity index (χ1) is 16.1. The number of nitrogens with zero attached hydrogens (tertiary/aromatic N) is 3. The van der Waals surface area contributed by atoms with Crippen LogP contribution < -0.4 is 4.80 Å². The largest absolute Gasteiger partial charge is 0.379 e. The van der Waals surface area contributed by atoms with Gasteiger partial charge in [0.15, 0.2) is 4.80 Å². The molecule has 0 atom stereocenters. The van der Waals surface area contributed by atoms with Crippen LogP contribution in [0.15, 0.2) is 69.9 Å². The molecule has 174 valence electrons. The molecular weight excluding hydrogens is 454 g/mol. The van der Waals surface area contributed by atoms with Crippen LogP contribution in [-0.4, -0.2) is 43.6 Å². The van der Waals surface area contributed by atoms with Gasteiger partial charge >= 0.3 is 0 Å². The summed E-state index contributed by atoms with van der Waals surface area (Å²) in [7, 11) is -3.50. The van der Waals surface area contributed by atoms with E-state index in [0.717, 1.165) is 10.5 Å². The van der Waals surface area contributed by atoms with Crippen molar-refractivity contribution in [1.82, 2.24) is 8.87 Å². The zero-order chi connectivity index (χ0) is 22.7. The fraction of sp³-hybridized carbons (Fsp3) is 0.400. The van der Waals surface area contributed by atoms with Gasteiger partial charge in [0.25, 0.3) is 0 Å². The molecule has 0 amide bonds. The highest BCUT2D eigenvalue weighted by Crippen LogP contribution is 2.32. The predicted octanol–water partition coefficient (Wildman–Crippen LogP) is 4.98. The highest BCUT2D eigenvalue weighted by molar-refractivity contribution is 7.89. The monoisotopic (exact) mass is 483 g/mol. The molecule has 1 aliphatic heterocycles. The fourth-order valence-electron chi connectivity index (χ4n) is 4.65. The van der Waals surface area contributed by atoms with E-state index in [1.807, 2.05) is 6.07 Å². The third-order valence-corrected chi connectivity index (χ3v) is 9.17. The predicted molar refractivity (Wildman–Crippen MR) is 131 cm³/mol. The summed E-state index contributed by atoms with van der Waals surface area (Å²) >= 11 is 1.65. The molecule has 2 aliphatic rings. The van der Waals surface area contributed by atoms with Gasteiger partial charge in [-0.05, 0) is 42.7 Å². The lowest BCUT2D eigenvalue weighted by atomic mass is 9.95. The Balaban J connectivity index is 1.49. The molecule has 1 saturated heterocycles. The Bertz CT molecular complexity index is 1240. The van der Waals surface area contributed by atoms with E-state index >= 15 is 0 Å². The summed E-state index contributed by atoms with van der Waals surface area (Å²) in [5.74, 6) is 0. The van der Waals surface area contributed by atoms with Gasteiger partial charge in [0.05, 0.1) is 29.5 Å². The summed E-state index contributed by atoms with van der Waals surface area (Å²) in [5, 5.41) is 2.19. The maximum atomic E-state index is 12.9. The summed E-state index contributed by atoms with van der Waals surface area (Å²) in [6.45, 7) is 1.67. The summed E-state index contributed by atoms with van der Waals surface area (Å²) < 4.78 is 35.0. The molecule has 2 aromatic carbocycles. The van der Waals surface area contributed by atoms with Crippen LogP contribution in [0.1, 0.15) is 38.1 Å². The fourth-order valence-corrected chi connectivity index (χ4v) is 7.05. The number of sulfonamides is 1. The maximum absolute atomic E-state index is 12.9. The van der Waals surface area contributed by atoms with Crippen molar-refractivity contribution in [3.8, 4) is 11.3 Å².